The van der Waals surface area contributed by atoms with E-state index in [0.717, 1.165) is 41.8 Å². The van der Waals surface area contributed by atoms with E-state index in [1.54, 1.807) is 23.1 Å². The Balaban J connectivity index is 1.67. The molecule has 2 atom stereocenters. The van der Waals surface area contributed by atoms with E-state index in [2.05, 4.69) is 0 Å². The third-order valence-electron chi connectivity index (χ3n) is 5.83. The number of amides is 1. The predicted molar refractivity (Wildman–Crippen MR) is 119 cm³/mol. The second kappa shape index (κ2) is 8.69. The average Bonchev–Trinajstić information content (AvgIpc) is 3.17. The van der Waals surface area contributed by atoms with Gasteiger partial charge in [-0.3, -0.25) is 9.59 Å². The van der Waals surface area contributed by atoms with Crippen molar-refractivity contribution < 1.29 is 18.0 Å². The minimum absolute atomic E-state index is 0.0610. The van der Waals surface area contributed by atoms with Crippen molar-refractivity contribution in [3.05, 3.63) is 42.5 Å². The summed E-state index contributed by atoms with van der Waals surface area (Å²) in [4.78, 5) is 26.9. The van der Waals surface area contributed by atoms with E-state index in [1.165, 1.54) is 11.2 Å². The van der Waals surface area contributed by atoms with E-state index >= 15 is 0 Å². The summed E-state index contributed by atoms with van der Waals surface area (Å²) in [7, 11) is -3.87. The number of hydrogen-bond acceptors (Lipinski definition) is 5. The van der Waals surface area contributed by atoms with Crippen LogP contribution in [0.5, 0.6) is 0 Å². The van der Waals surface area contributed by atoms with Gasteiger partial charge in [-0.25, -0.2) is 8.42 Å². The van der Waals surface area contributed by atoms with Crippen molar-refractivity contribution in [2.24, 2.45) is 0 Å². The van der Waals surface area contributed by atoms with Crippen LogP contribution >= 0.6 is 11.8 Å². The molecule has 30 heavy (non-hydrogen) atoms. The minimum atomic E-state index is -3.87. The van der Waals surface area contributed by atoms with Crippen LogP contribution in [0.1, 0.15) is 32.6 Å². The number of carbonyl (C=O) groups excluding carboxylic acids is 2. The van der Waals surface area contributed by atoms with E-state index in [4.69, 9.17) is 0 Å². The quantitative estimate of drug-likeness (QED) is 0.721. The Hall–Kier alpha value is -1.90. The first kappa shape index (κ1) is 21.3. The molecule has 2 aliphatic rings. The molecule has 160 valence electrons. The number of likely N-dealkylation sites (tertiary alicyclic amines) is 1. The highest BCUT2D eigenvalue weighted by atomic mass is 32.2. The first-order valence-electron chi connectivity index (χ1n) is 10.3. The lowest BCUT2D eigenvalue weighted by Crippen LogP contribution is -2.49. The van der Waals surface area contributed by atoms with Gasteiger partial charge in [0, 0.05) is 31.8 Å². The predicted octanol–water partition coefficient (Wildman–Crippen LogP) is 3.26. The number of nitrogens with zero attached hydrogens (tertiary/aromatic N) is 2. The lowest BCUT2D eigenvalue weighted by Gasteiger charge is -2.32. The standard InChI is InChI=1S/C22H26N2O4S2/c1-16(25)29-19-14-21(22(26)23-11-5-2-6-12-23)24(15-19)30(27,28)20-10-9-17-7-3-4-8-18(17)13-20/h3-4,7-10,13,19,21H,2,5-6,11-12,14-15H2,1H3. The van der Waals surface area contributed by atoms with E-state index in [0.29, 0.717) is 19.5 Å². The number of hydrogen-bond donors (Lipinski definition) is 0. The van der Waals surface area contributed by atoms with Crippen molar-refractivity contribution >= 4 is 43.6 Å². The van der Waals surface area contributed by atoms with Gasteiger partial charge < -0.3 is 4.90 Å². The molecule has 0 saturated carbocycles. The van der Waals surface area contributed by atoms with Gasteiger partial charge in [0.25, 0.3) is 0 Å². The fourth-order valence-electron chi connectivity index (χ4n) is 4.37. The molecule has 2 aromatic carbocycles. The molecule has 0 spiro atoms. The Kier molecular flexibility index (Phi) is 6.18. The molecule has 0 aromatic heterocycles. The van der Waals surface area contributed by atoms with Crippen LogP contribution in [0.2, 0.25) is 0 Å². The van der Waals surface area contributed by atoms with Gasteiger partial charge in [0.15, 0.2) is 5.12 Å². The number of carbonyl (C=O) groups is 2. The highest BCUT2D eigenvalue weighted by Gasteiger charge is 2.46. The molecule has 1 amide bonds. The summed E-state index contributed by atoms with van der Waals surface area (Å²) in [5.74, 6) is -0.134. The second-order valence-corrected chi connectivity index (χ2v) is 11.3. The van der Waals surface area contributed by atoms with E-state index in [1.807, 2.05) is 24.3 Å². The van der Waals surface area contributed by atoms with Gasteiger partial charge in [0.05, 0.1) is 4.90 Å². The summed E-state index contributed by atoms with van der Waals surface area (Å²) in [6.45, 7) is 2.99. The van der Waals surface area contributed by atoms with Gasteiger partial charge in [0.2, 0.25) is 15.9 Å². The molecule has 8 heteroatoms. The average molecular weight is 447 g/mol. The molecule has 2 saturated heterocycles. The Morgan fingerprint density at radius 2 is 1.70 bits per heavy atom. The molecule has 0 bridgehead atoms. The summed E-state index contributed by atoms with van der Waals surface area (Å²) < 4.78 is 28.5. The largest absolute Gasteiger partial charge is 0.341 e. The van der Waals surface area contributed by atoms with Gasteiger partial charge in [-0.15, -0.1) is 0 Å². The van der Waals surface area contributed by atoms with Crippen LogP contribution < -0.4 is 0 Å². The van der Waals surface area contributed by atoms with Gasteiger partial charge in [-0.2, -0.15) is 4.31 Å². The van der Waals surface area contributed by atoms with Gasteiger partial charge in [0.1, 0.15) is 6.04 Å². The molecule has 0 radical (unpaired) electrons. The molecule has 0 aliphatic carbocycles. The van der Waals surface area contributed by atoms with Crippen LogP contribution in [0.3, 0.4) is 0 Å². The zero-order chi connectivity index (χ0) is 21.3. The molecule has 4 rings (SSSR count). The lowest BCUT2D eigenvalue weighted by atomic mass is 10.1. The number of piperidine rings is 1. The fourth-order valence-corrected chi connectivity index (χ4v) is 7.12. The topological polar surface area (TPSA) is 74.8 Å². The van der Waals surface area contributed by atoms with Gasteiger partial charge in [-0.1, -0.05) is 42.1 Å². The van der Waals surface area contributed by atoms with Crippen molar-refractivity contribution in [1.29, 1.82) is 0 Å². The normalized spacial score (nSPS) is 23.0. The van der Waals surface area contributed by atoms with E-state index in [-0.39, 0.29) is 27.7 Å². The summed E-state index contributed by atoms with van der Waals surface area (Å²) in [5.41, 5.74) is 0. The van der Waals surface area contributed by atoms with Crippen LogP contribution in [-0.4, -0.2) is 59.6 Å². The molecule has 2 aliphatic heterocycles. The monoisotopic (exact) mass is 446 g/mol. The van der Waals surface area contributed by atoms with Crippen LogP contribution in [-0.2, 0) is 19.6 Å². The highest BCUT2D eigenvalue weighted by Crippen LogP contribution is 2.34. The smallest absolute Gasteiger partial charge is 0.243 e. The van der Waals surface area contributed by atoms with Crippen LogP contribution in [0, 0.1) is 0 Å². The van der Waals surface area contributed by atoms with Crippen molar-refractivity contribution in [2.75, 3.05) is 19.6 Å². The third kappa shape index (κ3) is 4.26. The Bertz CT molecular complexity index is 1060. The summed E-state index contributed by atoms with van der Waals surface area (Å²) in [6, 6.07) is 11.9. The molecule has 2 aromatic rings. The Morgan fingerprint density at radius 3 is 2.40 bits per heavy atom. The van der Waals surface area contributed by atoms with Crippen LogP contribution in [0.15, 0.2) is 47.4 Å². The Morgan fingerprint density at radius 1 is 1.00 bits per heavy atom. The molecule has 2 fully saturated rings. The van der Waals surface area contributed by atoms with Gasteiger partial charge >= 0.3 is 0 Å². The van der Waals surface area contributed by atoms with Crippen LogP contribution in [0.4, 0.5) is 0 Å². The SMILES string of the molecule is CC(=O)SC1CC(C(=O)N2CCCCC2)N(S(=O)(=O)c2ccc3ccccc3c2)C1. The van der Waals surface area contributed by atoms with Gasteiger partial charge in [-0.05, 0) is 48.6 Å². The van der Waals surface area contributed by atoms with Crippen molar-refractivity contribution in [1.82, 2.24) is 9.21 Å². The highest BCUT2D eigenvalue weighted by molar-refractivity contribution is 8.14. The zero-order valence-electron chi connectivity index (χ0n) is 17.0. The van der Waals surface area contributed by atoms with Crippen LogP contribution in [0.25, 0.3) is 10.8 Å². The molecule has 6 nitrogen and oxygen atoms in total. The summed E-state index contributed by atoms with van der Waals surface area (Å²) in [5, 5.41) is 1.53. The van der Waals surface area contributed by atoms with Crippen molar-refractivity contribution in [3.8, 4) is 0 Å². The first-order valence-corrected chi connectivity index (χ1v) is 12.6. The lowest BCUT2D eigenvalue weighted by molar-refractivity contribution is -0.135. The Labute approximate surface area is 181 Å². The molecule has 0 N–H and O–H groups in total. The molecule has 2 unspecified atom stereocenters. The first-order chi connectivity index (χ1) is 14.4. The summed E-state index contributed by atoms with van der Waals surface area (Å²) >= 11 is 1.13. The number of rotatable bonds is 4. The van der Waals surface area contributed by atoms with Crippen molar-refractivity contribution in [2.45, 2.75) is 48.8 Å². The summed E-state index contributed by atoms with van der Waals surface area (Å²) in [6.07, 6.45) is 3.35. The minimum Gasteiger partial charge on any atom is -0.341 e. The number of thioether (sulfide) groups is 1. The van der Waals surface area contributed by atoms with E-state index in [9.17, 15) is 18.0 Å². The molecule has 2 heterocycles. The zero-order valence-corrected chi connectivity index (χ0v) is 18.6. The van der Waals surface area contributed by atoms with Crippen molar-refractivity contribution in [3.63, 3.8) is 0 Å². The van der Waals surface area contributed by atoms with E-state index < -0.39 is 16.1 Å². The fraction of sp³-hybridized carbons (Fsp3) is 0.455. The maximum Gasteiger partial charge on any atom is 0.243 e. The second-order valence-electron chi connectivity index (χ2n) is 7.95. The number of benzene rings is 2. The molecular formula is C22H26N2O4S2. The third-order valence-corrected chi connectivity index (χ3v) is 8.71. The molecular weight excluding hydrogens is 420 g/mol. The number of sulfonamides is 1. The maximum atomic E-state index is 13.6. The number of fused-ring (bicyclic) bond motifs is 1. The maximum absolute atomic E-state index is 13.6.